The van der Waals surface area contributed by atoms with Gasteiger partial charge < -0.3 is 15.0 Å². The van der Waals surface area contributed by atoms with E-state index < -0.39 is 0 Å². The molecule has 0 radical (unpaired) electrons. The predicted molar refractivity (Wildman–Crippen MR) is 85.4 cm³/mol. The zero-order chi connectivity index (χ0) is 16.1. The van der Waals surface area contributed by atoms with Crippen molar-refractivity contribution in [1.82, 2.24) is 10.2 Å². The Kier molecular flexibility index (Phi) is 5.66. The lowest BCUT2D eigenvalue weighted by atomic mass is 10.1. The van der Waals surface area contributed by atoms with E-state index >= 15 is 0 Å². The van der Waals surface area contributed by atoms with Crippen LogP contribution in [0.5, 0.6) is 5.75 Å². The van der Waals surface area contributed by atoms with Gasteiger partial charge in [0, 0.05) is 31.1 Å². The molecule has 1 aliphatic rings. The van der Waals surface area contributed by atoms with Gasteiger partial charge in [-0.2, -0.15) is 0 Å². The van der Waals surface area contributed by atoms with E-state index in [1.54, 1.807) is 23.1 Å². The maximum Gasteiger partial charge on any atom is 0.254 e. The first-order chi connectivity index (χ1) is 10.5. The molecule has 0 aliphatic carbocycles. The lowest BCUT2D eigenvalue weighted by Crippen LogP contribution is -2.41. The first kappa shape index (κ1) is 16.6. The summed E-state index contributed by atoms with van der Waals surface area (Å²) in [6.45, 7) is 5.41. The van der Waals surface area contributed by atoms with Gasteiger partial charge in [0.2, 0.25) is 5.91 Å². The summed E-state index contributed by atoms with van der Waals surface area (Å²) in [5.41, 5.74) is 0.509. The Morgan fingerprint density at radius 2 is 2.27 bits per heavy atom. The number of hydrogen-bond acceptors (Lipinski definition) is 3. The molecule has 120 valence electrons. The van der Waals surface area contributed by atoms with Crippen LogP contribution in [-0.4, -0.2) is 42.5 Å². The summed E-state index contributed by atoms with van der Waals surface area (Å²) >= 11 is 6.18. The van der Waals surface area contributed by atoms with E-state index in [1.807, 2.05) is 13.8 Å². The summed E-state index contributed by atoms with van der Waals surface area (Å²) in [4.78, 5) is 25.8. The van der Waals surface area contributed by atoms with Gasteiger partial charge in [0.1, 0.15) is 5.75 Å². The number of carbonyl (C=O) groups is 2. The lowest BCUT2D eigenvalue weighted by molar-refractivity contribution is -0.120. The average Bonchev–Trinajstić information content (AvgIpc) is 2.67. The number of carbonyl (C=O) groups excluding carboxylic acids is 2. The summed E-state index contributed by atoms with van der Waals surface area (Å²) < 4.78 is 5.51. The maximum absolute atomic E-state index is 12.6. The molecule has 5 nitrogen and oxygen atoms in total. The number of benzene rings is 1. The highest BCUT2D eigenvalue weighted by molar-refractivity contribution is 6.32. The molecular formula is C16H21ClN2O3. The summed E-state index contributed by atoms with van der Waals surface area (Å²) in [6, 6.07) is 5.01. The molecule has 1 heterocycles. The molecule has 1 aromatic rings. The number of nitrogens with zero attached hydrogens (tertiary/aromatic N) is 1. The molecule has 1 atom stereocenters. The molecule has 0 saturated carbocycles. The Hall–Kier alpha value is -1.75. The molecule has 1 N–H and O–H groups in total. The van der Waals surface area contributed by atoms with Crippen molar-refractivity contribution in [2.24, 2.45) is 0 Å². The molecule has 6 heteroatoms. The molecule has 1 fully saturated rings. The van der Waals surface area contributed by atoms with Crippen molar-refractivity contribution in [3.05, 3.63) is 28.8 Å². The number of ether oxygens (including phenoxy) is 1. The summed E-state index contributed by atoms with van der Waals surface area (Å²) in [5.74, 6) is 0.442. The molecule has 1 aliphatic heterocycles. The number of hydrogen-bond donors (Lipinski definition) is 1. The maximum atomic E-state index is 12.6. The van der Waals surface area contributed by atoms with Crippen molar-refractivity contribution < 1.29 is 14.3 Å². The first-order valence-corrected chi connectivity index (χ1v) is 7.90. The molecule has 22 heavy (non-hydrogen) atoms. The van der Waals surface area contributed by atoms with Crippen LogP contribution in [-0.2, 0) is 4.79 Å². The van der Waals surface area contributed by atoms with Crippen LogP contribution in [0.1, 0.15) is 37.0 Å². The van der Waals surface area contributed by atoms with E-state index in [4.69, 9.17) is 16.3 Å². The fraction of sp³-hybridized carbons (Fsp3) is 0.500. The third-order valence-corrected chi connectivity index (χ3v) is 3.90. The van der Waals surface area contributed by atoms with Crippen molar-refractivity contribution >= 4 is 23.4 Å². The smallest absolute Gasteiger partial charge is 0.254 e. The topological polar surface area (TPSA) is 58.6 Å². The Morgan fingerprint density at radius 1 is 1.50 bits per heavy atom. The molecule has 0 aromatic heterocycles. The van der Waals surface area contributed by atoms with Crippen molar-refractivity contribution in [3.63, 3.8) is 0 Å². The van der Waals surface area contributed by atoms with Crippen LogP contribution in [0.3, 0.4) is 0 Å². The number of nitrogens with one attached hydrogen (secondary N) is 1. The fourth-order valence-corrected chi connectivity index (χ4v) is 2.57. The van der Waals surface area contributed by atoms with E-state index in [2.05, 4.69) is 5.32 Å². The van der Waals surface area contributed by atoms with Crippen LogP contribution in [0.15, 0.2) is 18.2 Å². The largest absolute Gasteiger partial charge is 0.492 e. The van der Waals surface area contributed by atoms with E-state index in [0.717, 1.165) is 6.42 Å². The van der Waals surface area contributed by atoms with Crippen molar-refractivity contribution in [3.8, 4) is 5.75 Å². The molecule has 0 unspecified atom stereocenters. The third kappa shape index (κ3) is 3.91. The highest BCUT2D eigenvalue weighted by Crippen LogP contribution is 2.26. The SMILES string of the molecule is CCCOc1ccc(C(=O)N2CCC(=O)NC[C@H]2C)cc1Cl. The van der Waals surface area contributed by atoms with Gasteiger partial charge in [-0.25, -0.2) is 0 Å². The highest BCUT2D eigenvalue weighted by Gasteiger charge is 2.25. The number of rotatable bonds is 4. The fourth-order valence-electron chi connectivity index (χ4n) is 2.33. The Morgan fingerprint density at radius 3 is 2.95 bits per heavy atom. The second kappa shape index (κ2) is 7.49. The predicted octanol–water partition coefficient (Wildman–Crippen LogP) is 2.48. The highest BCUT2D eigenvalue weighted by atomic mass is 35.5. The second-order valence-electron chi connectivity index (χ2n) is 5.40. The third-order valence-electron chi connectivity index (χ3n) is 3.61. The van der Waals surface area contributed by atoms with Crippen LogP contribution in [0.4, 0.5) is 0 Å². The quantitative estimate of drug-likeness (QED) is 0.925. The average molecular weight is 325 g/mol. The van der Waals surface area contributed by atoms with Gasteiger partial charge in [-0.15, -0.1) is 0 Å². The van der Waals surface area contributed by atoms with Gasteiger partial charge in [0.15, 0.2) is 0 Å². The van der Waals surface area contributed by atoms with Crippen molar-refractivity contribution in [2.75, 3.05) is 19.7 Å². The lowest BCUT2D eigenvalue weighted by Gasteiger charge is -2.26. The molecule has 2 rings (SSSR count). The zero-order valence-electron chi connectivity index (χ0n) is 12.9. The van der Waals surface area contributed by atoms with Gasteiger partial charge in [-0.3, -0.25) is 9.59 Å². The second-order valence-corrected chi connectivity index (χ2v) is 5.80. The van der Waals surface area contributed by atoms with Crippen LogP contribution >= 0.6 is 11.6 Å². The van der Waals surface area contributed by atoms with Gasteiger partial charge >= 0.3 is 0 Å². The van der Waals surface area contributed by atoms with Gasteiger partial charge in [0.25, 0.3) is 5.91 Å². The van der Waals surface area contributed by atoms with Gasteiger partial charge in [0.05, 0.1) is 11.6 Å². The monoisotopic (exact) mass is 324 g/mol. The summed E-state index contributed by atoms with van der Waals surface area (Å²) in [7, 11) is 0. The molecule has 0 spiro atoms. The van der Waals surface area contributed by atoms with E-state index in [0.29, 0.717) is 42.5 Å². The minimum atomic E-state index is -0.118. The number of halogens is 1. The Labute approximate surface area is 135 Å². The molecule has 2 amide bonds. The first-order valence-electron chi connectivity index (χ1n) is 7.53. The zero-order valence-corrected chi connectivity index (χ0v) is 13.7. The van der Waals surface area contributed by atoms with Crippen molar-refractivity contribution in [2.45, 2.75) is 32.7 Å². The van der Waals surface area contributed by atoms with Gasteiger partial charge in [-0.05, 0) is 31.5 Å². The van der Waals surface area contributed by atoms with Crippen LogP contribution in [0.25, 0.3) is 0 Å². The van der Waals surface area contributed by atoms with E-state index in [-0.39, 0.29) is 17.9 Å². The van der Waals surface area contributed by atoms with Crippen LogP contribution in [0.2, 0.25) is 5.02 Å². The normalized spacial score (nSPS) is 18.6. The van der Waals surface area contributed by atoms with Crippen molar-refractivity contribution in [1.29, 1.82) is 0 Å². The molecule has 1 aromatic carbocycles. The van der Waals surface area contributed by atoms with Crippen LogP contribution < -0.4 is 10.1 Å². The summed E-state index contributed by atoms with van der Waals surface area (Å²) in [6.07, 6.45) is 1.21. The van der Waals surface area contributed by atoms with E-state index in [1.165, 1.54) is 0 Å². The van der Waals surface area contributed by atoms with Gasteiger partial charge in [-0.1, -0.05) is 18.5 Å². The molecule has 0 bridgehead atoms. The molecule has 1 saturated heterocycles. The summed E-state index contributed by atoms with van der Waals surface area (Å²) in [5, 5.41) is 3.22. The van der Waals surface area contributed by atoms with E-state index in [9.17, 15) is 9.59 Å². The minimum Gasteiger partial charge on any atom is -0.492 e. The van der Waals surface area contributed by atoms with Crippen LogP contribution in [0, 0.1) is 0 Å². The number of amides is 2. The Balaban J connectivity index is 2.14. The molecular weight excluding hydrogens is 304 g/mol. The minimum absolute atomic E-state index is 0.0245. The standard InChI is InChI=1S/C16H21ClN2O3/c1-3-8-22-14-5-4-12(9-13(14)17)16(21)19-7-6-15(20)18-10-11(19)2/h4-5,9,11H,3,6-8,10H2,1-2H3,(H,18,20)/t11-/m1/s1. The Bertz CT molecular complexity index is 562.